The summed E-state index contributed by atoms with van der Waals surface area (Å²) < 4.78 is 1.45. The van der Waals surface area contributed by atoms with Gasteiger partial charge in [0.1, 0.15) is 5.69 Å². The maximum absolute atomic E-state index is 13.0. The highest BCUT2D eigenvalue weighted by atomic mass is 35.5. The van der Waals surface area contributed by atoms with Crippen molar-refractivity contribution in [2.45, 2.75) is 12.8 Å². The van der Waals surface area contributed by atoms with E-state index in [2.05, 4.69) is 10.4 Å². The van der Waals surface area contributed by atoms with Crippen LogP contribution in [-0.4, -0.2) is 52.7 Å². The normalized spacial score (nSPS) is 21.9. The van der Waals surface area contributed by atoms with Crippen LogP contribution < -0.4 is 11.1 Å². The molecule has 144 valence electrons. The van der Waals surface area contributed by atoms with Gasteiger partial charge in [-0.2, -0.15) is 5.10 Å². The van der Waals surface area contributed by atoms with Crippen molar-refractivity contribution >= 4 is 24.2 Å². The first-order valence-electron chi connectivity index (χ1n) is 9.09. The lowest BCUT2D eigenvalue weighted by atomic mass is 9.92. The highest BCUT2D eigenvalue weighted by molar-refractivity contribution is 5.97. The molecule has 0 aliphatic carbocycles. The van der Waals surface area contributed by atoms with Gasteiger partial charge >= 0.3 is 0 Å². The van der Waals surface area contributed by atoms with Crippen LogP contribution in [0.5, 0.6) is 0 Å². The standard InChI is InChI=1S/C19H23N5O2.ClH/c20-18(25)17-10-16(22-24(17)15-4-2-1-3-5-15)19(26)23-8-6-13-11-21-12-14(13)7-9-23;/h1-5,10,13-14,21H,6-9,11-12H2,(H2,20,25);1H/t13-,14+;. The summed E-state index contributed by atoms with van der Waals surface area (Å²) in [5, 5.41) is 7.83. The zero-order valence-corrected chi connectivity index (χ0v) is 15.8. The number of benzene rings is 1. The zero-order valence-electron chi connectivity index (χ0n) is 15.0. The van der Waals surface area contributed by atoms with Crippen LogP contribution in [0.25, 0.3) is 5.69 Å². The number of carbonyl (C=O) groups is 2. The number of halogens is 1. The molecule has 1 aromatic heterocycles. The van der Waals surface area contributed by atoms with E-state index < -0.39 is 5.91 Å². The van der Waals surface area contributed by atoms with Crippen LogP contribution >= 0.6 is 12.4 Å². The predicted molar refractivity (Wildman–Crippen MR) is 104 cm³/mol. The van der Waals surface area contributed by atoms with Crippen LogP contribution in [0.15, 0.2) is 36.4 Å². The quantitative estimate of drug-likeness (QED) is 0.831. The molecule has 2 aliphatic rings. The Kier molecular flexibility index (Phi) is 5.82. The van der Waals surface area contributed by atoms with E-state index in [0.29, 0.717) is 17.5 Å². The molecule has 2 aliphatic heterocycles. The lowest BCUT2D eigenvalue weighted by Crippen LogP contribution is -2.33. The smallest absolute Gasteiger partial charge is 0.274 e. The van der Waals surface area contributed by atoms with E-state index in [1.54, 1.807) is 0 Å². The minimum absolute atomic E-state index is 0. The van der Waals surface area contributed by atoms with E-state index in [-0.39, 0.29) is 29.7 Å². The molecule has 2 saturated heterocycles. The molecule has 0 saturated carbocycles. The van der Waals surface area contributed by atoms with E-state index in [9.17, 15) is 9.59 Å². The molecule has 2 aromatic rings. The van der Waals surface area contributed by atoms with Crippen LogP contribution in [0, 0.1) is 11.8 Å². The fourth-order valence-electron chi connectivity index (χ4n) is 4.01. The van der Waals surface area contributed by atoms with Crippen molar-refractivity contribution in [2.75, 3.05) is 26.2 Å². The third kappa shape index (κ3) is 3.84. The van der Waals surface area contributed by atoms with Crippen LogP contribution in [0.4, 0.5) is 0 Å². The van der Waals surface area contributed by atoms with Crippen molar-refractivity contribution in [3.8, 4) is 5.69 Å². The number of carbonyl (C=O) groups excluding carboxylic acids is 2. The van der Waals surface area contributed by atoms with Gasteiger partial charge in [-0.15, -0.1) is 12.4 Å². The van der Waals surface area contributed by atoms with Crippen molar-refractivity contribution in [3.63, 3.8) is 0 Å². The number of likely N-dealkylation sites (tertiary alicyclic amines) is 1. The number of primary amides is 1. The number of nitrogens with two attached hydrogens (primary N) is 1. The summed E-state index contributed by atoms with van der Waals surface area (Å²) in [5.74, 6) is 0.568. The fraction of sp³-hybridized carbons (Fsp3) is 0.421. The summed E-state index contributed by atoms with van der Waals surface area (Å²) in [4.78, 5) is 26.7. The molecule has 0 spiro atoms. The molecule has 27 heavy (non-hydrogen) atoms. The summed E-state index contributed by atoms with van der Waals surface area (Å²) in [6.07, 6.45) is 2.01. The number of para-hydroxylation sites is 1. The Morgan fingerprint density at radius 3 is 2.30 bits per heavy atom. The van der Waals surface area contributed by atoms with Gasteiger partial charge in [0.05, 0.1) is 5.69 Å². The van der Waals surface area contributed by atoms with Gasteiger partial charge in [0.15, 0.2) is 5.69 Å². The molecule has 0 radical (unpaired) electrons. The van der Waals surface area contributed by atoms with E-state index in [1.807, 2.05) is 35.2 Å². The minimum atomic E-state index is -0.600. The molecule has 1 aromatic carbocycles. The summed E-state index contributed by atoms with van der Waals surface area (Å²) >= 11 is 0. The zero-order chi connectivity index (χ0) is 18.1. The van der Waals surface area contributed by atoms with E-state index in [0.717, 1.165) is 39.0 Å². The summed E-state index contributed by atoms with van der Waals surface area (Å²) in [6.45, 7) is 3.54. The molecule has 0 unspecified atom stereocenters. The van der Waals surface area contributed by atoms with Gasteiger partial charge in [0.2, 0.25) is 0 Å². The van der Waals surface area contributed by atoms with Crippen LogP contribution in [-0.2, 0) is 0 Å². The van der Waals surface area contributed by atoms with E-state index in [4.69, 9.17) is 5.73 Å². The molecule has 4 rings (SSSR count). The fourth-order valence-corrected chi connectivity index (χ4v) is 4.01. The SMILES string of the molecule is Cl.NC(=O)c1cc(C(=O)N2CC[C@@H]3CNC[C@@H]3CC2)nn1-c1ccccc1. The number of nitrogens with one attached hydrogen (secondary N) is 1. The van der Waals surface area contributed by atoms with E-state index in [1.165, 1.54) is 10.7 Å². The van der Waals surface area contributed by atoms with Crippen LogP contribution in [0.2, 0.25) is 0 Å². The molecule has 8 heteroatoms. The van der Waals surface area contributed by atoms with Crippen molar-refractivity contribution in [1.29, 1.82) is 0 Å². The van der Waals surface area contributed by atoms with Crippen molar-refractivity contribution in [1.82, 2.24) is 20.0 Å². The number of rotatable bonds is 3. The van der Waals surface area contributed by atoms with Crippen molar-refractivity contribution in [2.24, 2.45) is 17.6 Å². The van der Waals surface area contributed by atoms with E-state index >= 15 is 0 Å². The van der Waals surface area contributed by atoms with Crippen molar-refractivity contribution < 1.29 is 9.59 Å². The number of aromatic nitrogens is 2. The predicted octanol–water partition coefficient (Wildman–Crippen LogP) is 1.46. The Labute approximate surface area is 164 Å². The van der Waals surface area contributed by atoms with Crippen molar-refractivity contribution in [3.05, 3.63) is 47.8 Å². The Morgan fingerprint density at radius 1 is 1.07 bits per heavy atom. The minimum Gasteiger partial charge on any atom is -0.364 e. The Morgan fingerprint density at radius 2 is 1.70 bits per heavy atom. The van der Waals surface area contributed by atoms with Gasteiger partial charge in [0, 0.05) is 19.2 Å². The molecule has 7 nitrogen and oxygen atoms in total. The van der Waals surface area contributed by atoms with Crippen LogP contribution in [0.1, 0.15) is 33.8 Å². The molecular weight excluding hydrogens is 366 g/mol. The number of hydrogen-bond acceptors (Lipinski definition) is 4. The average Bonchev–Trinajstić information content (AvgIpc) is 3.25. The highest BCUT2D eigenvalue weighted by Gasteiger charge is 2.32. The number of fused-ring (bicyclic) bond motifs is 1. The average molecular weight is 390 g/mol. The number of nitrogens with zero attached hydrogens (tertiary/aromatic N) is 3. The molecule has 2 amide bonds. The third-order valence-electron chi connectivity index (χ3n) is 5.49. The molecular formula is C19H24ClN5O2. The lowest BCUT2D eigenvalue weighted by molar-refractivity contribution is 0.0752. The van der Waals surface area contributed by atoms with Crippen LogP contribution in [0.3, 0.4) is 0 Å². The highest BCUT2D eigenvalue weighted by Crippen LogP contribution is 2.27. The first kappa shape index (κ1) is 19.4. The second kappa shape index (κ2) is 8.10. The second-order valence-electron chi connectivity index (χ2n) is 7.07. The van der Waals surface area contributed by atoms with Gasteiger partial charge in [-0.05, 0) is 49.9 Å². The largest absolute Gasteiger partial charge is 0.364 e. The first-order chi connectivity index (χ1) is 12.6. The Bertz CT molecular complexity index is 809. The van der Waals surface area contributed by atoms with Gasteiger partial charge in [-0.25, -0.2) is 4.68 Å². The van der Waals surface area contributed by atoms with Gasteiger partial charge in [-0.3, -0.25) is 9.59 Å². The Hall–Kier alpha value is -2.38. The summed E-state index contributed by atoms with van der Waals surface area (Å²) in [7, 11) is 0. The topological polar surface area (TPSA) is 93.2 Å². The van der Waals surface area contributed by atoms with Gasteiger partial charge in [-0.1, -0.05) is 18.2 Å². The molecule has 0 bridgehead atoms. The molecule has 3 N–H and O–H groups in total. The maximum atomic E-state index is 13.0. The van der Waals surface area contributed by atoms with Gasteiger partial charge in [0.25, 0.3) is 11.8 Å². The molecule has 2 fully saturated rings. The first-order valence-corrected chi connectivity index (χ1v) is 9.09. The Balaban J connectivity index is 0.00000210. The molecule has 3 heterocycles. The summed E-state index contributed by atoms with van der Waals surface area (Å²) in [5.41, 5.74) is 6.69. The monoisotopic (exact) mass is 389 g/mol. The molecule has 2 atom stereocenters. The van der Waals surface area contributed by atoms with Gasteiger partial charge < -0.3 is 16.0 Å². The number of hydrogen-bond donors (Lipinski definition) is 2. The second-order valence-corrected chi connectivity index (χ2v) is 7.07. The summed E-state index contributed by atoms with van der Waals surface area (Å²) in [6, 6.07) is 10.7. The number of amides is 2. The third-order valence-corrected chi connectivity index (χ3v) is 5.49. The maximum Gasteiger partial charge on any atom is 0.274 e. The lowest BCUT2D eigenvalue weighted by Gasteiger charge is -2.19.